The van der Waals surface area contributed by atoms with Gasteiger partial charge in [0.25, 0.3) is 0 Å². The van der Waals surface area contributed by atoms with Crippen LogP contribution in [-0.2, 0) is 17.7 Å². The number of pyridine rings is 1. The minimum absolute atomic E-state index is 0.0337. The summed E-state index contributed by atoms with van der Waals surface area (Å²) in [6, 6.07) is 20.6. The van der Waals surface area contributed by atoms with Crippen molar-refractivity contribution in [2.24, 2.45) is 0 Å². The highest BCUT2D eigenvalue weighted by Crippen LogP contribution is 2.31. The average molecular weight is 541 g/mol. The van der Waals surface area contributed by atoms with E-state index < -0.39 is 11.8 Å². The molecule has 0 aliphatic carbocycles. The number of benzene rings is 2. The number of hydrogen-bond donors (Lipinski definition) is 1. The van der Waals surface area contributed by atoms with Gasteiger partial charge in [0.15, 0.2) is 0 Å². The number of carbonyl (C=O) groups is 1. The third-order valence-electron chi connectivity index (χ3n) is 6.54. The summed E-state index contributed by atoms with van der Waals surface area (Å²) in [6.45, 7) is 1.24. The van der Waals surface area contributed by atoms with Gasteiger partial charge in [-0.15, -0.1) is 11.3 Å². The number of rotatable bonds is 8. The van der Waals surface area contributed by atoms with Crippen LogP contribution in [0.25, 0.3) is 21.6 Å². The lowest BCUT2D eigenvalue weighted by Crippen LogP contribution is -2.31. The van der Waals surface area contributed by atoms with Gasteiger partial charge in [-0.2, -0.15) is 5.26 Å². The molecule has 194 valence electrons. The maximum absolute atomic E-state index is 15.3. The first-order valence-electron chi connectivity index (χ1n) is 12.2. The van der Waals surface area contributed by atoms with Crippen LogP contribution in [0.4, 0.5) is 4.39 Å². The van der Waals surface area contributed by atoms with Crippen LogP contribution in [0.5, 0.6) is 11.6 Å². The average Bonchev–Trinajstić information content (AvgIpc) is 3.46. The molecule has 1 atom stereocenters. The number of hydrogen-bond acceptors (Lipinski definition) is 7. The largest absolute Gasteiger partial charge is 0.477 e. The second kappa shape index (κ2) is 10.3. The molecule has 3 aromatic heterocycles. The van der Waals surface area contributed by atoms with Gasteiger partial charge < -0.3 is 19.1 Å². The molecule has 1 N–H and O–H groups in total. The van der Waals surface area contributed by atoms with Gasteiger partial charge in [0.05, 0.1) is 35.5 Å². The Balaban J connectivity index is 1.25. The monoisotopic (exact) mass is 540 g/mol. The number of fused-ring (bicyclic) bond motifs is 1. The van der Waals surface area contributed by atoms with Crippen LogP contribution in [0.3, 0.4) is 0 Å². The predicted molar refractivity (Wildman–Crippen MR) is 143 cm³/mol. The minimum Gasteiger partial charge on any atom is -0.477 e. The van der Waals surface area contributed by atoms with Crippen LogP contribution in [0, 0.1) is 17.1 Å². The van der Waals surface area contributed by atoms with Crippen LogP contribution in [0.2, 0.25) is 0 Å². The molecule has 4 heterocycles. The number of nitriles is 1. The highest BCUT2D eigenvalue weighted by Gasteiger charge is 2.24. The number of imidazole rings is 1. The van der Waals surface area contributed by atoms with Gasteiger partial charge >= 0.3 is 5.97 Å². The van der Waals surface area contributed by atoms with Crippen molar-refractivity contribution in [3.05, 3.63) is 94.4 Å². The van der Waals surface area contributed by atoms with Crippen molar-refractivity contribution in [1.29, 1.82) is 5.26 Å². The highest BCUT2D eigenvalue weighted by molar-refractivity contribution is 7.20. The summed E-state index contributed by atoms with van der Waals surface area (Å²) >= 11 is 1.11. The second-order valence-electron chi connectivity index (χ2n) is 9.11. The van der Waals surface area contributed by atoms with E-state index in [-0.39, 0.29) is 17.4 Å². The van der Waals surface area contributed by atoms with E-state index in [0.717, 1.165) is 23.3 Å². The molecule has 0 unspecified atom stereocenters. The quantitative estimate of drug-likeness (QED) is 0.255. The molecule has 8 nitrogen and oxygen atoms in total. The fourth-order valence-electron chi connectivity index (χ4n) is 4.41. The van der Waals surface area contributed by atoms with Crippen molar-refractivity contribution < 1.29 is 23.8 Å². The molecule has 1 aliphatic heterocycles. The molecular weight excluding hydrogens is 519 g/mol. The maximum Gasteiger partial charge on any atom is 0.346 e. The molecule has 0 bridgehead atoms. The number of nitrogens with zero attached hydrogens (tertiary/aromatic N) is 4. The summed E-state index contributed by atoms with van der Waals surface area (Å²) in [5.41, 5.74) is 2.87. The first kappa shape index (κ1) is 24.7. The second-order valence-corrected chi connectivity index (χ2v) is 10.1. The number of thiophene rings is 1. The van der Waals surface area contributed by atoms with Crippen LogP contribution in [-0.4, -0.2) is 38.3 Å². The van der Waals surface area contributed by atoms with Gasteiger partial charge in [0.1, 0.15) is 27.1 Å². The standard InChI is InChI=1S/C29H21FN4O4S/c30-22-12-19(23-2-1-3-27(32-23)38-20-8-4-17(15-31)5-9-20)7-6-18(22)13-26-33-28-24(14-25(39-28)29(35)36)34(26)16-21-10-11-37-21/h1-9,12,14,21H,10-11,13,16H2,(H,35,36)/t21-/m0/s1. The van der Waals surface area contributed by atoms with Gasteiger partial charge in [-0.25, -0.2) is 19.2 Å². The highest BCUT2D eigenvalue weighted by atomic mass is 32.1. The van der Waals surface area contributed by atoms with Crippen LogP contribution >= 0.6 is 11.3 Å². The summed E-state index contributed by atoms with van der Waals surface area (Å²) in [4.78, 5) is 21.4. The number of aromatic carboxylic acids is 1. The van der Waals surface area contributed by atoms with E-state index in [1.165, 1.54) is 6.07 Å². The van der Waals surface area contributed by atoms with E-state index >= 15 is 4.39 Å². The Bertz CT molecular complexity index is 1730. The molecule has 5 aromatic rings. The van der Waals surface area contributed by atoms with Gasteiger partial charge in [-0.05, 0) is 54.4 Å². The fraction of sp³-hybridized carbons (Fsp3) is 0.172. The maximum atomic E-state index is 15.3. The molecule has 1 aliphatic rings. The van der Waals surface area contributed by atoms with Crippen molar-refractivity contribution in [2.45, 2.75) is 25.5 Å². The fourth-order valence-corrected chi connectivity index (χ4v) is 5.30. The molecular formula is C29H21FN4O4S. The summed E-state index contributed by atoms with van der Waals surface area (Å²) in [6.07, 6.45) is 1.20. The third-order valence-corrected chi connectivity index (χ3v) is 7.55. The molecule has 1 saturated heterocycles. The molecule has 0 saturated carbocycles. The molecule has 39 heavy (non-hydrogen) atoms. The van der Waals surface area contributed by atoms with E-state index in [4.69, 9.17) is 14.7 Å². The van der Waals surface area contributed by atoms with Crippen molar-refractivity contribution >= 4 is 27.7 Å². The lowest BCUT2D eigenvalue weighted by molar-refractivity contribution is -0.0589. The first-order chi connectivity index (χ1) is 19.0. The van der Waals surface area contributed by atoms with Crippen LogP contribution < -0.4 is 4.74 Å². The smallest absolute Gasteiger partial charge is 0.346 e. The van der Waals surface area contributed by atoms with Crippen molar-refractivity contribution in [1.82, 2.24) is 14.5 Å². The van der Waals surface area contributed by atoms with E-state index in [9.17, 15) is 9.90 Å². The Morgan fingerprint density at radius 3 is 2.69 bits per heavy atom. The molecule has 0 spiro atoms. The van der Waals surface area contributed by atoms with Crippen molar-refractivity contribution in [2.75, 3.05) is 6.61 Å². The number of carboxylic acid groups (broad SMARTS) is 1. The molecule has 1 fully saturated rings. The summed E-state index contributed by atoms with van der Waals surface area (Å²) in [5, 5.41) is 18.3. The lowest BCUT2D eigenvalue weighted by atomic mass is 10.1. The van der Waals surface area contributed by atoms with E-state index in [0.29, 0.717) is 57.8 Å². The zero-order valence-corrected chi connectivity index (χ0v) is 21.3. The van der Waals surface area contributed by atoms with E-state index in [2.05, 4.69) is 16.0 Å². The zero-order chi connectivity index (χ0) is 26.9. The number of aromatic nitrogens is 3. The Labute approximate surface area is 226 Å². The minimum atomic E-state index is -0.993. The zero-order valence-electron chi connectivity index (χ0n) is 20.5. The third kappa shape index (κ3) is 5.10. The predicted octanol–water partition coefficient (Wildman–Crippen LogP) is 6.04. The Morgan fingerprint density at radius 1 is 1.18 bits per heavy atom. The number of halogens is 1. The Hall–Kier alpha value is -4.59. The topological polar surface area (TPSA) is 110 Å². The summed E-state index contributed by atoms with van der Waals surface area (Å²) in [7, 11) is 0. The van der Waals surface area contributed by atoms with Gasteiger partial charge in [0, 0.05) is 24.7 Å². The SMILES string of the molecule is N#Cc1ccc(Oc2cccc(-c3ccc(Cc4nc5sc(C(=O)O)cc5n4C[C@@H]4CCO4)c(F)c3)n2)cc1. The normalized spacial score (nSPS) is 14.6. The van der Waals surface area contributed by atoms with E-state index in [1.54, 1.807) is 60.7 Å². The van der Waals surface area contributed by atoms with Gasteiger partial charge in [0.2, 0.25) is 5.88 Å². The lowest BCUT2D eigenvalue weighted by Gasteiger charge is -2.27. The number of carboxylic acids is 1. The summed E-state index contributed by atoms with van der Waals surface area (Å²) in [5.74, 6) is 0.164. The molecule has 2 aromatic carbocycles. The molecule has 0 amide bonds. The Morgan fingerprint density at radius 2 is 2.00 bits per heavy atom. The molecule has 0 radical (unpaired) electrons. The van der Waals surface area contributed by atoms with Crippen LogP contribution in [0.15, 0.2) is 66.7 Å². The number of ether oxygens (including phenoxy) is 2. The molecule has 10 heteroatoms. The van der Waals surface area contributed by atoms with Crippen molar-refractivity contribution in [3.63, 3.8) is 0 Å². The first-order valence-corrected chi connectivity index (χ1v) is 13.1. The van der Waals surface area contributed by atoms with E-state index in [1.807, 2.05) is 4.57 Å². The molecule has 6 rings (SSSR count). The Kier molecular flexibility index (Phi) is 6.52. The van der Waals surface area contributed by atoms with Crippen molar-refractivity contribution in [3.8, 4) is 29.0 Å². The van der Waals surface area contributed by atoms with Gasteiger partial charge in [-0.3, -0.25) is 0 Å². The summed E-state index contributed by atoms with van der Waals surface area (Å²) < 4.78 is 28.7. The van der Waals surface area contributed by atoms with Gasteiger partial charge in [-0.1, -0.05) is 18.2 Å². The van der Waals surface area contributed by atoms with Crippen LogP contribution in [0.1, 0.15) is 33.0 Å².